The Morgan fingerprint density at radius 3 is 1.08 bits per heavy atom. The highest BCUT2D eigenvalue weighted by molar-refractivity contribution is 6.68. The van der Waals surface area contributed by atoms with Gasteiger partial charge < -0.3 is 0 Å². The van der Waals surface area contributed by atoms with Crippen molar-refractivity contribution in [2.45, 2.75) is 19.9 Å². The van der Waals surface area contributed by atoms with Gasteiger partial charge in [0.2, 0.25) is 7.59 Å². The van der Waals surface area contributed by atoms with E-state index in [1.165, 1.54) is 12.5 Å². The maximum absolute atomic E-state index is 12.0. The van der Waals surface area contributed by atoms with E-state index in [4.69, 9.17) is 162 Å². The van der Waals surface area contributed by atoms with Crippen LogP contribution in [0, 0.1) is 0 Å². The van der Waals surface area contributed by atoms with Gasteiger partial charge in [0.05, 0.1) is 28.0 Å². The lowest BCUT2D eigenvalue weighted by molar-refractivity contribution is -0.141. The SMILES string of the molecule is Clc1ncnc(C(Cl)(Cl)Cl)c1Cl.Clc1nncc(C(Cl)(Cl)Cl)c1Cl.FC(F)(F)c1cnnc(Cl)c1Cl.FC(F)(F)c1ncnc(Cl)c1Cl. The molecular weight excluding hydrogens is 963 g/mol. The first-order valence-electron chi connectivity index (χ1n) is 10.6. The van der Waals surface area contributed by atoms with Gasteiger partial charge in [-0.25, -0.2) is 19.9 Å². The first-order chi connectivity index (χ1) is 21.7. The van der Waals surface area contributed by atoms with Crippen LogP contribution in [0.2, 0.25) is 40.7 Å². The van der Waals surface area contributed by atoms with Crippen molar-refractivity contribution in [1.82, 2.24) is 40.3 Å². The Hall–Kier alpha value is -0.0400. The van der Waals surface area contributed by atoms with Crippen molar-refractivity contribution in [3.8, 4) is 0 Å². The molecule has 0 amide bonds. The minimum atomic E-state index is -4.59. The van der Waals surface area contributed by atoms with E-state index in [-0.39, 0.29) is 31.6 Å². The number of alkyl halides is 12. The van der Waals surface area contributed by atoms with Crippen LogP contribution in [0.3, 0.4) is 0 Å². The van der Waals surface area contributed by atoms with Crippen molar-refractivity contribution in [3.05, 3.63) is 88.3 Å². The number of nitrogens with zero attached hydrogens (tertiary/aromatic N) is 8. The summed E-state index contributed by atoms with van der Waals surface area (Å²) in [5.74, 6) is 0. The molecule has 4 aromatic heterocycles. The molecular formula is C20H4Cl14F6N8. The van der Waals surface area contributed by atoms with Gasteiger partial charge in [0.1, 0.15) is 28.4 Å². The zero-order valence-electron chi connectivity index (χ0n) is 21.4. The molecule has 0 bridgehead atoms. The molecule has 8 nitrogen and oxygen atoms in total. The van der Waals surface area contributed by atoms with Crippen molar-refractivity contribution in [2.24, 2.45) is 0 Å². The summed E-state index contributed by atoms with van der Waals surface area (Å²) in [6.45, 7) is 0. The molecule has 0 spiro atoms. The highest BCUT2D eigenvalue weighted by atomic mass is 35.6. The first-order valence-corrected chi connectivity index (χ1v) is 15.9. The Morgan fingerprint density at radius 2 is 0.792 bits per heavy atom. The fourth-order valence-corrected chi connectivity index (χ4v) is 4.76. The van der Waals surface area contributed by atoms with Crippen molar-refractivity contribution >= 4 is 162 Å². The average Bonchev–Trinajstić information content (AvgIpc) is 2.93. The molecule has 0 atom stereocenters. The van der Waals surface area contributed by atoms with Crippen molar-refractivity contribution in [3.63, 3.8) is 0 Å². The largest absolute Gasteiger partial charge is 0.435 e. The molecule has 0 aromatic carbocycles. The third kappa shape index (κ3) is 14.5. The third-order valence-corrected chi connectivity index (χ3v) is 8.26. The van der Waals surface area contributed by atoms with Gasteiger partial charge in [-0.2, -0.15) is 36.5 Å². The fraction of sp³-hybridized carbons (Fsp3) is 0.200. The highest BCUT2D eigenvalue weighted by Gasteiger charge is 2.36. The molecule has 0 aliphatic heterocycles. The topological polar surface area (TPSA) is 103 Å². The molecule has 0 saturated carbocycles. The predicted octanol–water partition coefficient (Wildman–Crippen LogP) is 12.8. The summed E-state index contributed by atoms with van der Waals surface area (Å²) in [5.41, 5.74) is -2.00. The summed E-state index contributed by atoms with van der Waals surface area (Å²) in [5, 5.41) is 11.2. The van der Waals surface area contributed by atoms with Gasteiger partial charge in [0, 0.05) is 5.56 Å². The summed E-state index contributed by atoms with van der Waals surface area (Å²) in [6, 6.07) is 0. The van der Waals surface area contributed by atoms with E-state index in [0.29, 0.717) is 12.5 Å². The molecule has 0 unspecified atom stereocenters. The zero-order valence-corrected chi connectivity index (χ0v) is 32.0. The second-order valence-electron chi connectivity index (χ2n) is 7.37. The van der Waals surface area contributed by atoms with Crippen LogP contribution in [-0.4, -0.2) is 40.3 Å². The van der Waals surface area contributed by atoms with Crippen LogP contribution in [0.4, 0.5) is 26.3 Å². The van der Waals surface area contributed by atoms with Crippen molar-refractivity contribution in [1.29, 1.82) is 0 Å². The van der Waals surface area contributed by atoms with Crippen LogP contribution in [0.5, 0.6) is 0 Å². The fourth-order valence-electron chi connectivity index (χ4n) is 2.19. The minimum absolute atomic E-state index is 0.0143. The quantitative estimate of drug-likeness (QED) is 0.0975. The summed E-state index contributed by atoms with van der Waals surface area (Å²) < 4.78 is 68.7. The van der Waals surface area contributed by atoms with Crippen LogP contribution in [0.1, 0.15) is 22.5 Å². The monoisotopic (exact) mass is 960 g/mol. The Balaban J connectivity index is 0.000000320. The Labute approximate surface area is 334 Å². The molecule has 0 saturated heterocycles. The summed E-state index contributed by atoms with van der Waals surface area (Å²) in [4.78, 5) is 13.5. The first kappa shape index (κ1) is 46.0. The molecule has 0 N–H and O–H groups in total. The Morgan fingerprint density at radius 1 is 0.417 bits per heavy atom. The summed E-state index contributed by atoms with van der Waals surface area (Å²) in [7, 11) is 0. The lowest BCUT2D eigenvalue weighted by atomic mass is 10.3. The van der Waals surface area contributed by atoms with Gasteiger partial charge in [-0.05, 0) is 0 Å². The van der Waals surface area contributed by atoms with Gasteiger partial charge in [-0.15, -0.1) is 10.2 Å². The van der Waals surface area contributed by atoms with Crippen LogP contribution in [0.25, 0.3) is 0 Å². The summed E-state index contributed by atoms with van der Waals surface area (Å²) in [6.07, 6.45) is -5.49. The molecule has 4 aromatic rings. The second kappa shape index (κ2) is 19.2. The Kier molecular flexibility index (Phi) is 18.4. The van der Waals surface area contributed by atoms with E-state index in [0.717, 1.165) is 0 Å². The molecule has 28 heteroatoms. The number of aromatic nitrogens is 8. The number of hydrogen-bond acceptors (Lipinski definition) is 8. The standard InChI is InChI=1S/2C5HCl5N2.2C5HCl2F3N2/c6-2-3(5(8,9)10)11-1-12-4(2)7;6-3-2(5(8,9)10)1-11-12-4(3)7;6-2-3(5(8,9)10)11-1-12-4(2)7;6-3-2(5(8,9)10)1-11-12-4(3)7/h4*1H. The maximum atomic E-state index is 12.0. The van der Waals surface area contributed by atoms with E-state index in [9.17, 15) is 26.3 Å². The van der Waals surface area contributed by atoms with E-state index in [1.807, 2.05) is 0 Å². The number of halogens is 20. The van der Waals surface area contributed by atoms with E-state index in [1.54, 1.807) is 0 Å². The van der Waals surface area contributed by atoms with Crippen molar-refractivity contribution in [2.75, 3.05) is 0 Å². The van der Waals surface area contributed by atoms with Gasteiger partial charge in [0.25, 0.3) is 0 Å². The zero-order chi connectivity index (χ0) is 37.4. The Bertz CT molecular complexity index is 1440. The number of rotatable bonds is 0. The van der Waals surface area contributed by atoms with Gasteiger partial charge in [-0.1, -0.05) is 162 Å². The van der Waals surface area contributed by atoms with Gasteiger partial charge in [0.15, 0.2) is 26.3 Å². The lowest BCUT2D eigenvalue weighted by Crippen LogP contribution is -2.09. The van der Waals surface area contributed by atoms with Crippen LogP contribution < -0.4 is 0 Å². The molecule has 0 aliphatic rings. The molecule has 0 radical (unpaired) electrons. The number of hydrogen-bond donors (Lipinski definition) is 0. The third-order valence-electron chi connectivity index (χ3n) is 4.14. The second-order valence-corrected chi connectivity index (χ2v) is 14.9. The van der Waals surface area contributed by atoms with Crippen molar-refractivity contribution < 1.29 is 26.3 Å². The summed E-state index contributed by atoms with van der Waals surface area (Å²) >= 11 is 76.6. The average molecular weight is 967 g/mol. The van der Waals surface area contributed by atoms with Crippen LogP contribution in [-0.2, 0) is 19.9 Å². The smallest absolute Gasteiger partial charge is 0.235 e. The molecule has 4 heterocycles. The highest BCUT2D eigenvalue weighted by Crippen LogP contribution is 2.43. The molecule has 0 aliphatic carbocycles. The van der Waals surface area contributed by atoms with Gasteiger partial charge >= 0.3 is 12.4 Å². The van der Waals surface area contributed by atoms with Crippen LogP contribution >= 0.6 is 162 Å². The maximum Gasteiger partial charge on any atom is 0.435 e. The molecule has 48 heavy (non-hydrogen) atoms. The lowest BCUT2D eigenvalue weighted by Gasteiger charge is -2.11. The van der Waals surface area contributed by atoms with E-state index < -0.39 is 51.5 Å². The molecule has 0 fully saturated rings. The van der Waals surface area contributed by atoms with E-state index in [2.05, 4.69) is 40.3 Å². The van der Waals surface area contributed by atoms with E-state index >= 15 is 0 Å². The molecule has 264 valence electrons. The molecule has 4 rings (SSSR count). The predicted molar refractivity (Wildman–Crippen MR) is 177 cm³/mol. The van der Waals surface area contributed by atoms with Gasteiger partial charge in [-0.3, -0.25) is 0 Å². The normalized spacial score (nSPS) is 11.8. The van der Waals surface area contributed by atoms with Crippen LogP contribution in [0.15, 0.2) is 25.0 Å². The minimum Gasteiger partial charge on any atom is -0.235 e.